The molecule has 1 rings (SSSR count). The lowest BCUT2D eigenvalue weighted by Crippen LogP contribution is -2.47. The Balaban J connectivity index is 2.49. The highest BCUT2D eigenvalue weighted by Gasteiger charge is 2.25. The minimum absolute atomic E-state index is 0.0786. The number of amides is 1. The molecule has 2 N–H and O–H groups in total. The SMILES string of the molecule is CC[C@H](C)[C@H](N)C(=O)N1CCCOCC1. The van der Waals surface area contributed by atoms with E-state index in [2.05, 4.69) is 6.92 Å². The predicted octanol–water partition coefficient (Wildman–Crippen LogP) is 0.609. The van der Waals surface area contributed by atoms with E-state index in [0.29, 0.717) is 13.2 Å². The average molecular weight is 214 g/mol. The minimum atomic E-state index is -0.354. The summed E-state index contributed by atoms with van der Waals surface area (Å²) >= 11 is 0. The van der Waals surface area contributed by atoms with Crippen LogP contribution >= 0.6 is 0 Å². The molecule has 2 atom stereocenters. The molecule has 0 unspecified atom stereocenters. The molecule has 0 saturated carbocycles. The van der Waals surface area contributed by atoms with Crippen LogP contribution in [0.1, 0.15) is 26.7 Å². The quantitative estimate of drug-likeness (QED) is 0.749. The van der Waals surface area contributed by atoms with Crippen LogP contribution in [0.5, 0.6) is 0 Å². The topological polar surface area (TPSA) is 55.6 Å². The van der Waals surface area contributed by atoms with Crippen molar-refractivity contribution in [3.05, 3.63) is 0 Å². The number of nitrogens with zero attached hydrogens (tertiary/aromatic N) is 1. The van der Waals surface area contributed by atoms with Gasteiger partial charge in [-0.2, -0.15) is 0 Å². The summed E-state index contributed by atoms with van der Waals surface area (Å²) in [5.41, 5.74) is 5.92. The summed E-state index contributed by atoms with van der Waals surface area (Å²) in [5, 5.41) is 0. The van der Waals surface area contributed by atoms with Gasteiger partial charge in [-0.25, -0.2) is 0 Å². The molecule has 0 spiro atoms. The summed E-state index contributed by atoms with van der Waals surface area (Å²) in [7, 11) is 0. The molecule has 4 nitrogen and oxygen atoms in total. The molecular formula is C11H22N2O2. The van der Waals surface area contributed by atoms with Crippen molar-refractivity contribution in [2.75, 3.05) is 26.3 Å². The normalized spacial score (nSPS) is 21.9. The zero-order valence-electron chi connectivity index (χ0n) is 9.74. The first-order chi connectivity index (χ1) is 7.16. The van der Waals surface area contributed by atoms with E-state index in [1.807, 2.05) is 11.8 Å². The molecule has 15 heavy (non-hydrogen) atoms. The van der Waals surface area contributed by atoms with Crippen molar-refractivity contribution in [1.82, 2.24) is 4.90 Å². The van der Waals surface area contributed by atoms with E-state index in [1.54, 1.807) is 0 Å². The second-order valence-corrected chi connectivity index (χ2v) is 4.20. The van der Waals surface area contributed by atoms with Crippen molar-refractivity contribution in [3.63, 3.8) is 0 Å². The molecule has 1 amide bonds. The Bertz CT molecular complexity index is 201. The van der Waals surface area contributed by atoms with E-state index in [9.17, 15) is 4.79 Å². The summed E-state index contributed by atoms with van der Waals surface area (Å²) in [4.78, 5) is 13.8. The molecule has 88 valence electrons. The van der Waals surface area contributed by atoms with E-state index in [-0.39, 0.29) is 17.9 Å². The summed E-state index contributed by atoms with van der Waals surface area (Å²) in [6, 6.07) is -0.354. The van der Waals surface area contributed by atoms with E-state index < -0.39 is 0 Å². The third kappa shape index (κ3) is 3.47. The minimum Gasteiger partial charge on any atom is -0.380 e. The van der Waals surface area contributed by atoms with Gasteiger partial charge in [0.05, 0.1) is 12.6 Å². The van der Waals surface area contributed by atoms with Crippen LogP contribution in [0.4, 0.5) is 0 Å². The lowest BCUT2D eigenvalue weighted by molar-refractivity contribution is -0.133. The van der Waals surface area contributed by atoms with Gasteiger partial charge in [0.1, 0.15) is 0 Å². The molecule has 0 bridgehead atoms. The van der Waals surface area contributed by atoms with E-state index in [4.69, 9.17) is 10.5 Å². The first kappa shape index (κ1) is 12.5. The second kappa shape index (κ2) is 6.08. The lowest BCUT2D eigenvalue weighted by atomic mass is 9.99. The van der Waals surface area contributed by atoms with Crippen LogP contribution in [0.15, 0.2) is 0 Å². The van der Waals surface area contributed by atoms with Gasteiger partial charge in [0.25, 0.3) is 0 Å². The van der Waals surface area contributed by atoms with Crippen LogP contribution in [0.3, 0.4) is 0 Å². The Morgan fingerprint density at radius 1 is 1.47 bits per heavy atom. The fourth-order valence-electron chi connectivity index (χ4n) is 1.67. The van der Waals surface area contributed by atoms with Gasteiger partial charge in [0.2, 0.25) is 5.91 Å². The first-order valence-corrected chi connectivity index (χ1v) is 5.79. The monoisotopic (exact) mass is 214 g/mol. The fraction of sp³-hybridized carbons (Fsp3) is 0.909. The maximum atomic E-state index is 12.0. The average Bonchev–Trinajstić information content (AvgIpc) is 2.54. The number of carbonyl (C=O) groups is 1. The third-order valence-corrected chi connectivity index (χ3v) is 3.08. The number of hydrogen-bond acceptors (Lipinski definition) is 3. The molecule has 1 saturated heterocycles. The molecule has 1 aliphatic heterocycles. The zero-order valence-corrected chi connectivity index (χ0v) is 9.74. The van der Waals surface area contributed by atoms with Gasteiger partial charge >= 0.3 is 0 Å². The number of rotatable bonds is 3. The standard InChI is InChI=1S/C11H22N2O2/c1-3-9(2)10(12)11(14)13-5-4-7-15-8-6-13/h9-10H,3-8,12H2,1-2H3/t9-,10-/m0/s1. The Morgan fingerprint density at radius 2 is 2.20 bits per heavy atom. The van der Waals surface area contributed by atoms with Gasteiger partial charge in [-0.1, -0.05) is 20.3 Å². The Morgan fingerprint density at radius 3 is 2.87 bits per heavy atom. The van der Waals surface area contributed by atoms with Gasteiger partial charge < -0.3 is 15.4 Å². The number of carbonyl (C=O) groups excluding carboxylic acids is 1. The van der Waals surface area contributed by atoms with Crippen molar-refractivity contribution in [2.24, 2.45) is 11.7 Å². The van der Waals surface area contributed by atoms with Crippen LogP contribution in [-0.4, -0.2) is 43.2 Å². The van der Waals surface area contributed by atoms with Gasteiger partial charge in [-0.15, -0.1) is 0 Å². The summed E-state index contributed by atoms with van der Waals surface area (Å²) in [6.45, 7) is 6.94. The molecular weight excluding hydrogens is 192 g/mol. The molecule has 0 radical (unpaired) electrons. The number of nitrogens with two attached hydrogens (primary N) is 1. The van der Waals surface area contributed by atoms with Crippen molar-refractivity contribution < 1.29 is 9.53 Å². The van der Waals surface area contributed by atoms with E-state index >= 15 is 0 Å². The highest BCUT2D eigenvalue weighted by atomic mass is 16.5. The Hall–Kier alpha value is -0.610. The zero-order chi connectivity index (χ0) is 11.3. The molecule has 1 fully saturated rings. The van der Waals surface area contributed by atoms with E-state index in [0.717, 1.165) is 26.0 Å². The van der Waals surface area contributed by atoms with Gasteiger partial charge in [-0.05, 0) is 12.3 Å². The third-order valence-electron chi connectivity index (χ3n) is 3.08. The second-order valence-electron chi connectivity index (χ2n) is 4.20. The smallest absolute Gasteiger partial charge is 0.239 e. The maximum Gasteiger partial charge on any atom is 0.239 e. The summed E-state index contributed by atoms with van der Waals surface area (Å²) in [5.74, 6) is 0.330. The maximum absolute atomic E-state index is 12.0. The van der Waals surface area contributed by atoms with Crippen LogP contribution < -0.4 is 5.73 Å². The Kier molecular flexibility index (Phi) is 5.05. The van der Waals surface area contributed by atoms with Gasteiger partial charge in [0.15, 0.2) is 0 Å². The van der Waals surface area contributed by atoms with Gasteiger partial charge in [0, 0.05) is 19.7 Å². The number of hydrogen-bond donors (Lipinski definition) is 1. The van der Waals surface area contributed by atoms with Gasteiger partial charge in [-0.3, -0.25) is 4.79 Å². The summed E-state index contributed by atoms with van der Waals surface area (Å²) < 4.78 is 5.31. The molecule has 0 aromatic carbocycles. The molecule has 4 heteroatoms. The summed E-state index contributed by atoms with van der Waals surface area (Å²) in [6.07, 6.45) is 1.86. The molecule has 1 heterocycles. The number of ether oxygens (including phenoxy) is 1. The van der Waals surface area contributed by atoms with Crippen molar-refractivity contribution in [3.8, 4) is 0 Å². The largest absolute Gasteiger partial charge is 0.380 e. The fourth-order valence-corrected chi connectivity index (χ4v) is 1.67. The first-order valence-electron chi connectivity index (χ1n) is 5.79. The van der Waals surface area contributed by atoms with E-state index in [1.165, 1.54) is 0 Å². The Labute approximate surface area is 91.8 Å². The lowest BCUT2D eigenvalue weighted by Gasteiger charge is -2.26. The highest BCUT2D eigenvalue weighted by Crippen LogP contribution is 2.10. The molecule has 0 aliphatic carbocycles. The molecule has 1 aliphatic rings. The predicted molar refractivity (Wildman–Crippen MR) is 59.4 cm³/mol. The van der Waals surface area contributed by atoms with Crippen LogP contribution in [0.25, 0.3) is 0 Å². The molecule has 0 aromatic heterocycles. The van der Waals surface area contributed by atoms with Crippen molar-refractivity contribution >= 4 is 5.91 Å². The van der Waals surface area contributed by atoms with Crippen molar-refractivity contribution in [2.45, 2.75) is 32.7 Å². The highest BCUT2D eigenvalue weighted by molar-refractivity contribution is 5.82. The van der Waals surface area contributed by atoms with Crippen molar-refractivity contribution in [1.29, 1.82) is 0 Å². The van der Waals surface area contributed by atoms with Crippen LogP contribution in [-0.2, 0) is 9.53 Å². The van der Waals surface area contributed by atoms with Crippen LogP contribution in [0, 0.1) is 5.92 Å². The van der Waals surface area contributed by atoms with Crippen LogP contribution in [0.2, 0.25) is 0 Å². The molecule has 0 aromatic rings.